The number of hydrogen-bond acceptors (Lipinski definition) is 6. The van der Waals surface area contributed by atoms with Crippen LogP contribution in [-0.4, -0.2) is 69.1 Å². The lowest BCUT2D eigenvalue weighted by molar-refractivity contribution is -0.125. The van der Waals surface area contributed by atoms with E-state index < -0.39 is 30.4 Å². The van der Waals surface area contributed by atoms with E-state index in [1.54, 1.807) is 0 Å². The standard InChI is InChI=1S/C7H15NO5/c9-1-3-5(11)7(13)6(12)4(2-10)8-3/h3-13H,1-2H2/t3-,4+,5-,6-,7?/m1/s1. The number of hydrogen-bond donors (Lipinski definition) is 6. The molecular formula is C7H15NO5. The second kappa shape index (κ2) is 4.32. The Morgan fingerprint density at radius 1 is 0.769 bits per heavy atom. The van der Waals surface area contributed by atoms with E-state index in [1.165, 1.54) is 0 Å². The molecule has 0 radical (unpaired) electrons. The topological polar surface area (TPSA) is 113 Å². The summed E-state index contributed by atoms with van der Waals surface area (Å²) < 4.78 is 0. The van der Waals surface area contributed by atoms with Crippen molar-refractivity contribution in [3.63, 3.8) is 0 Å². The zero-order valence-electron chi connectivity index (χ0n) is 7.04. The summed E-state index contributed by atoms with van der Waals surface area (Å²) in [7, 11) is 0. The highest BCUT2D eigenvalue weighted by molar-refractivity contribution is 4.97. The third-order valence-electron chi connectivity index (χ3n) is 2.35. The van der Waals surface area contributed by atoms with Crippen molar-refractivity contribution in [2.45, 2.75) is 30.4 Å². The van der Waals surface area contributed by atoms with Crippen LogP contribution >= 0.6 is 0 Å². The summed E-state index contributed by atoms with van der Waals surface area (Å²) in [6.45, 7) is -0.719. The fourth-order valence-corrected chi connectivity index (χ4v) is 1.47. The van der Waals surface area contributed by atoms with Gasteiger partial charge in [-0.25, -0.2) is 0 Å². The van der Waals surface area contributed by atoms with Crippen molar-refractivity contribution in [3.05, 3.63) is 0 Å². The molecule has 6 heteroatoms. The first-order chi connectivity index (χ1) is 6.11. The molecule has 0 bridgehead atoms. The van der Waals surface area contributed by atoms with Gasteiger partial charge in [-0.05, 0) is 0 Å². The molecule has 1 aliphatic heterocycles. The minimum absolute atomic E-state index is 0.360. The number of rotatable bonds is 2. The van der Waals surface area contributed by atoms with Gasteiger partial charge in [0.2, 0.25) is 0 Å². The van der Waals surface area contributed by atoms with Gasteiger partial charge in [0.05, 0.1) is 37.5 Å². The fourth-order valence-electron chi connectivity index (χ4n) is 1.47. The molecule has 0 spiro atoms. The van der Waals surface area contributed by atoms with Crippen LogP contribution in [0.5, 0.6) is 0 Å². The summed E-state index contributed by atoms with van der Waals surface area (Å²) in [6.07, 6.45) is -3.78. The first-order valence-corrected chi connectivity index (χ1v) is 4.13. The molecule has 1 saturated heterocycles. The van der Waals surface area contributed by atoms with E-state index in [4.69, 9.17) is 10.2 Å². The van der Waals surface area contributed by atoms with Gasteiger partial charge in [0.1, 0.15) is 6.10 Å². The summed E-state index contributed by atoms with van der Waals surface area (Å²) in [4.78, 5) is 0. The zero-order chi connectivity index (χ0) is 10.0. The van der Waals surface area contributed by atoms with Gasteiger partial charge in [-0.15, -0.1) is 0 Å². The highest BCUT2D eigenvalue weighted by Crippen LogP contribution is 2.14. The average Bonchev–Trinajstić information content (AvgIpc) is 2.15. The number of aliphatic hydroxyl groups excluding tert-OH is 5. The molecule has 1 unspecified atom stereocenters. The Labute approximate surface area is 75.4 Å². The lowest BCUT2D eigenvalue weighted by atomic mass is 9.91. The van der Waals surface area contributed by atoms with Crippen molar-refractivity contribution >= 4 is 0 Å². The Morgan fingerprint density at radius 2 is 1.15 bits per heavy atom. The molecule has 5 atom stereocenters. The summed E-state index contributed by atoms with van der Waals surface area (Å²) in [6, 6.07) is -1.42. The van der Waals surface area contributed by atoms with Crippen LogP contribution in [0.2, 0.25) is 0 Å². The molecule has 0 amide bonds. The van der Waals surface area contributed by atoms with Gasteiger partial charge in [0, 0.05) is 0 Å². The van der Waals surface area contributed by atoms with E-state index in [-0.39, 0.29) is 13.2 Å². The van der Waals surface area contributed by atoms with E-state index in [0.717, 1.165) is 0 Å². The summed E-state index contributed by atoms with van der Waals surface area (Å²) in [5.74, 6) is 0. The Balaban J connectivity index is 2.66. The van der Waals surface area contributed by atoms with E-state index in [2.05, 4.69) is 5.32 Å². The maximum absolute atomic E-state index is 9.31. The molecule has 1 rings (SSSR count). The van der Waals surface area contributed by atoms with Crippen LogP contribution in [0.3, 0.4) is 0 Å². The largest absolute Gasteiger partial charge is 0.395 e. The van der Waals surface area contributed by atoms with Gasteiger partial charge >= 0.3 is 0 Å². The maximum Gasteiger partial charge on any atom is 0.109 e. The van der Waals surface area contributed by atoms with Crippen LogP contribution in [0.25, 0.3) is 0 Å². The zero-order valence-corrected chi connectivity index (χ0v) is 7.04. The van der Waals surface area contributed by atoms with Crippen LogP contribution in [0.1, 0.15) is 0 Å². The Bertz CT molecular complexity index is 147. The SMILES string of the molecule is OC[C@@H]1N[C@H](CO)[C@@H](O)C(O)[C@@H]1O. The van der Waals surface area contributed by atoms with Crippen LogP contribution in [0, 0.1) is 0 Å². The second-order valence-electron chi connectivity index (χ2n) is 3.22. The predicted molar refractivity (Wildman–Crippen MR) is 42.9 cm³/mol. The van der Waals surface area contributed by atoms with Crippen molar-refractivity contribution < 1.29 is 25.5 Å². The lowest BCUT2D eigenvalue weighted by Crippen LogP contribution is -2.66. The van der Waals surface area contributed by atoms with Gasteiger partial charge in [-0.3, -0.25) is 0 Å². The van der Waals surface area contributed by atoms with Crippen molar-refractivity contribution in [1.29, 1.82) is 0 Å². The van der Waals surface area contributed by atoms with Crippen LogP contribution in [0.4, 0.5) is 0 Å². The molecule has 0 aliphatic carbocycles. The summed E-state index contributed by atoms with van der Waals surface area (Å²) in [5.41, 5.74) is 0. The molecular weight excluding hydrogens is 178 g/mol. The molecule has 6 nitrogen and oxygen atoms in total. The summed E-state index contributed by atoms with van der Waals surface area (Å²) >= 11 is 0. The third kappa shape index (κ3) is 1.98. The lowest BCUT2D eigenvalue weighted by Gasteiger charge is -2.40. The average molecular weight is 193 g/mol. The maximum atomic E-state index is 9.31. The number of piperidine rings is 1. The van der Waals surface area contributed by atoms with Crippen LogP contribution < -0.4 is 5.32 Å². The minimum atomic E-state index is -1.34. The van der Waals surface area contributed by atoms with Gasteiger partial charge in [0.15, 0.2) is 0 Å². The molecule has 13 heavy (non-hydrogen) atoms. The Morgan fingerprint density at radius 3 is 1.46 bits per heavy atom. The molecule has 1 fully saturated rings. The highest BCUT2D eigenvalue weighted by Gasteiger charge is 2.41. The summed E-state index contributed by atoms with van der Waals surface area (Å²) in [5, 5.41) is 48.1. The van der Waals surface area contributed by atoms with E-state index in [0.29, 0.717) is 0 Å². The third-order valence-corrected chi connectivity index (χ3v) is 2.35. The van der Waals surface area contributed by atoms with Gasteiger partial charge in [-0.2, -0.15) is 0 Å². The monoisotopic (exact) mass is 193 g/mol. The van der Waals surface area contributed by atoms with E-state index in [9.17, 15) is 15.3 Å². The first-order valence-electron chi connectivity index (χ1n) is 4.13. The number of aliphatic hydroxyl groups is 5. The second-order valence-corrected chi connectivity index (χ2v) is 3.22. The minimum Gasteiger partial charge on any atom is -0.395 e. The molecule has 0 aromatic carbocycles. The van der Waals surface area contributed by atoms with E-state index >= 15 is 0 Å². The molecule has 78 valence electrons. The van der Waals surface area contributed by atoms with Crippen molar-refractivity contribution in [2.24, 2.45) is 0 Å². The molecule has 1 heterocycles. The van der Waals surface area contributed by atoms with Crippen molar-refractivity contribution in [2.75, 3.05) is 13.2 Å². The molecule has 0 aromatic rings. The normalized spacial score (nSPS) is 46.4. The molecule has 0 aromatic heterocycles. The molecule has 6 N–H and O–H groups in total. The smallest absolute Gasteiger partial charge is 0.109 e. The highest BCUT2D eigenvalue weighted by atomic mass is 16.4. The van der Waals surface area contributed by atoms with Crippen molar-refractivity contribution in [3.8, 4) is 0 Å². The fraction of sp³-hybridized carbons (Fsp3) is 1.00. The van der Waals surface area contributed by atoms with Crippen LogP contribution in [0.15, 0.2) is 0 Å². The Hall–Kier alpha value is -0.240. The van der Waals surface area contributed by atoms with Gasteiger partial charge in [0.25, 0.3) is 0 Å². The van der Waals surface area contributed by atoms with Gasteiger partial charge in [-0.1, -0.05) is 0 Å². The van der Waals surface area contributed by atoms with Gasteiger partial charge < -0.3 is 30.8 Å². The quantitative estimate of drug-likeness (QED) is 0.270. The molecule has 1 aliphatic rings. The van der Waals surface area contributed by atoms with E-state index in [1.807, 2.05) is 0 Å². The van der Waals surface area contributed by atoms with Crippen molar-refractivity contribution in [1.82, 2.24) is 5.32 Å². The van der Waals surface area contributed by atoms with Crippen LogP contribution in [-0.2, 0) is 0 Å². The first kappa shape index (κ1) is 10.8. The Kier molecular flexibility index (Phi) is 3.60. The number of nitrogens with one attached hydrogen (secondary N) is 1. The molecule has 0 saturated carbocycles. The predicted octanol–water partition coefficient (Wildman–Crippen LogP) is -3.61.